The van der Waals surface area contributed by atoms with Crippen LogP contribution < -0.4 is 10.5 Å². The summed E-state index contributed by atoms with van der Waals surface area (Å²) in [7, 11) is 0. The van der Waals surface area contributed by atoms with Crippen LogP contribution in [0.15, 0.2) is 95.7 Å². The predicted octanol–water partition coefficient (Wildman–Crippen LogP) is 3.48. The van der Waals surface area contributed by atoms with Gasteiger partial charge in [-0.05, 0) is 43.2 Å². The zero-order chi connectivity index (χ0) is 24.2. The zero-order valence-electron chi connectivity index (χ0n) is 18.8. The molecule has 0 aliphatic carbocycles. The number of carboxylic acid groups (broad SMARTS) is 1. The highest BCUT2D eigenvalue weighted by Crippen LogP contribution is 2.37. The van der Waals surface area contributed by atoms with Gasteiger partial charge in [-0.25, -0.2) is 9.69 Å². The largest absolute Gasteiger partial charge is 0.550 e. The number of nitrogens with one attached hydrogen (secondary N) is 1. The van der Waals surface area contributed by atoms with Gasteiger partial charge in [0.25, 0.3) is 0 Å². The van der Waals surface area contributed by atoms with Gasteiger partial charge in [0.1, 0.15) is 6.04 Å². The molecule has 0 saturated carbocycles. The summed E-state index contributed by atoms with van der Waals surface area (Å²) in [6.45, 7) is 0. The molecule has 1 atom stereocenters. The van der Waals surface area contributed by atoms with Crippen LogP contribution in [0.4, 0.5) is 0 Å². The number of furan rings is 1. The number of hydrogen-bond donors (Lipinski definition) is 1. The number of nitrogens with zero attached hydrogens (tertiary/aromatic N) is 3. The summed E-state index contributed by atoms with van der Waals surface area (Å²) < 4.78 is 7.36. The maximum Gasteiger partial charge on any atom is 0.241 e. The van der Waals surface area contributed by atoms with Gasteiger partial charge in [0, 0.05) is 29.7 Å². The molecule has 1 aliphatic heterocycles. The van der Waals surface area contributed by atoms with E-state index < -0.39 is 12.0 Å². The lowest BCUT2D eigenvalue weighted by molar-refractivity contribution is -0.305. The SMILES string of the molecule is O=C([O-])CCCC(=O)N1NC(c2ccco2)=C[C@@H]1c1cn(-c2ccccc2)nc1-c1ccccc1. The van der Waals surface area contributed by atoms with Crippen molar-refractivity contribution in [2.45, 2.75) is 25.3 Å². The molecule has 1 aliphatic rings. The van der Waals surface area contributed by atoms with Crippen LogP contribution in [0.25, 0.3) is 22.6 Å². The van der Waals surface area contributed by atoms with E-state index in [-0.39, 0.29) is 25.2 Å². The molecule has 0 bridgehead atoms. The van der Waals surface area contributed by atoms with E-state index in [0.29, 0.717) is 11.5 Å². The smallest absolute Gasteiger partial charge is 0.241 e. The minimum atomic E-state index is -1.17. The lowest BCUT2D eigenvalue weighted by Crippen LogP contribution is -2.39. The van der Waals surface area contributed by atoms with Crippen molar-refractivity contribution in [2.75, 3.05) is 0 Å². The Kier molecular flexibility index (Phi) is 6.17. The van der Waals surface area contributed by atoms with Crippen molar-refractivity contribution in [1.29, 1.82) is 0 Å². The average molecular weight is 468 g/mol. The highest BCUT2D eigenvalue weighted by atomic mass is 16.4. The molecule has 0 spiro atoms. The Morgan fingerprint density at radius 3 is 2.40 bits per heavy atom. The number of carboxylic acids is 1. The second kappa shape index (κ2) is 9.72. The first-order valence-corrected chi connectivity index (χ1v) is 11.3. The van der Waals surface area contributed by atoms with Gasteiger partial charge in [-0.2, -0.15) is 5.10 Å². The predicted molar refractivity (Wildman–Crippen MR) is 127 cm³/mol. The van der Waals surface area contributed by atoms with Crippen LogP contribution in [0, 0.1) is 0 Å². The number of carbonyl (C=O) groups is 2. The Morgan fingerprint density at radius 1 is 0.971 bits per heavy atom. The van der Waals surface area contributed by atoms with Crippen LogP contribution in [-0.4, -0.2) is 26.7 Å². The van der Waals surface area contributed by atoms with Crippen LogP contribution in [0.2, 0.25) is 0 Å². The van der Waals surface area contributed by atoms with Gasteiger partial charge >= 0.3 is 0 Å². The summed E-state index contributed by atoms with van der Waals surface area (Å²) in [5, 5.41) is 17.2. The monoisotopic (exact) mass is 467 g/mol. The molecule has 0 fully saturated rings. The lowest BCUT2D eigenvalue weighted by atomic mass is 10.0. The molecule has 4 aromatic rings. The van der Waals surface area contributed by atoms with Crippen LogP contribution in [0.3, 0.4) is 0 Å². The van der Waals surface area contributed by atoms with Gasteiger partial charge < -0.3 is 14.3 Å². The number of para-hydroxylation sites is 1. The Bertz CT molecular complexity index is 1340. The number of rotatable bonds is 8. The lowest BCUT2D eigenvalue weighted by Gasteiger charge is -2.25. The van der Waals surface area contributed by atoms with Gasteiger partial charge in [-0.3, -0.25) is 10.2 Å². The molecule has 176 valence electrons. The van der Waals surface area contributed by atoms with Crippen molar-refractivity contribution in [3.8, 4) is 16.9 Å². The van der Waals surface area contributed by atoms with Crippen LogP contribution in [0.5, 0.6) is 0 Å². The molecular formula is C27H23N4O4-. The fourth-order valence-corrected chi connectivity index (χ4v) is 4.13. The second-order valence-corrected chi connectivity index (χ2v) is 8.18. The van der Waals surface area contributed by atoms with Gasteiger partial charge in [0.15, 0.2) is 5.76 Å². The molecule has 8 nitrogen and oxygen atoms in total. The van der Waals surface area contributed by atoms with E-state index in [1.165, 1.54) is 5.01 Å². The highest BCUT2D eigenvalue weighted by molar-refractivity contribution is 5.81. The van der Waals surface area contributed by atoms with Gasteiger partial charge in [-0.15, -0.1) is 0 Å². The average Bonchev–Trinajstić information content (AvgIpc) is 3.64. The normalized spacial score (nSPS) is 15.0. The van der Waals surface area contributed by atoms with Gasteiger partial charge in [-0.1, -0.05) is 48.5 Å². The standard InChI is InChI=1S/C27H24N4O4/c32-25(14-7-15-26(33)34)31-23(17-22(28-31)24-13-8-16-35-24)21-18-30(20-11-5-2-6-12-20)29-27(21)19-9-3-1-4-10-19/h1-6,8-13,16-18,23,28H,7,14-15H2,(H,33,34)/p-1/t23-/m1/s1. The number of aromatic nitrogens is 2. The molecule has 1 N–H and O–H groups in total. The van der Waals surface area contributed by atoms with Crippen LogP contribution >= 0.6 is 0 Å². The third-order valence-electron chi connectivity index (χ3n) is 5.80. The van der Waals surface area contributed by atoms with E-state index >= 15 is 0 Å². The molecule has 1 amide bonds. The van der Waals surface area contributed by atoms with E-state index in [0.717, 1.165) is 22.5 Å². The Labute approximate surface area is 202 Å². The summed E-state index contributed by atoms with van der Waals surface area (Å²) in [5.74, 6) is -0.814. The van der Waals surface area contributed by atoms with E-state index in [9.17, 15) is 14.7 Å². The number of amides is 1. The molecular weight excluding hydrogens is 444 g/mol. The molecule has 0 radical (unpaired) electrons. The Morgan fingerprint density at radius 2 is 1.71 bits per heavy atom. The highest BCUT2D eigenvalue weighted by Gasteiger charge is 2.34. The van der Waals surface area contributed by atoms with Crippen LogP contribution in [-0.2, 0) is 9.59 Å². The number of benzene rings is 2. The van der Waals surface area contributed by atoms with Crippen LogP contribution in [0.1, 0.15) is 36.6 Å². The minimum Gasteiger partial charge on any atom is -0.550 e. The van der Waals surface area contributed by atoms with Crippen molar-refractivity contribution in [3.05, 3.63) is 103 Å². The summed E-state index contributed by atoms with van der Waals surface area (Å²) in [4.78, 5) is 24.1. The third-order valence-corrected chi connectivity index (χ3v) is 5.80. The molecule has 5 rings (SSSR count). The van der Waals surface area contributed by atoms with Crippen molar-refractivity contribution in [2.24, 2.45) is 0 Å². The second-order valence-electron chi connectivity index (χ2n) is 8.18. The quantitative estimate of drug-likeness (QED) is 0.426. The van der Waals surface area contributed by atoms with E-state index in [2.05, 4.69) is 5.43 Å². The summed E-state index contributed by atoms with van der Waals surface area (Å²) >= 11 is 0. The van der Waals surface area contributed by atoms with Crippen molar-refractivity contribution < 1.29 is 19.1 Å². The molecule has 0 saturated heterocycles. The first-order chi connectivity index (χ1) is 17.1. The number of hydrogen-bond acceptors (Lipinski definition) is 6. The summed E-state index contributed by atoms with van der Waals surface area (Å²) in [6.07, 6.45) is 5.49. The van der Waals surface area contributed by atoms with Crippen molar-refractivity contribution >= 4 is 17.6 Å². The van der Waals surface area contributed by atoms with E-state index in [1.807, 2.05) is 79.0 Å². The fourth-order valence-electron chi connectivity index (χ4n) is 4.13. The first kappa shape index (κ1) is 22.2. The molecule has 8 heteroatoms. The van der Waals surface area contributed by atoms with Crippen molar-refractivity contribution in [3.63, 3.8) is 0 Å². The zero-order valence-corrected chi connectivity index (χ0v) is 18.8. The number of aliphatic carboxylic acids is 1. The molecule has 3 heterocycles. The number of hydrazine groups is 1. The van der Waals surface area contributed by atoms with Gasteiger partial charge in [0.2, 0.25) is 5.91 Å². The molecule has 35 heavy (non-hydrogen) atoms. The van der Waals surface area contributed by atoms with E-state index in [4.69, 9.17) is 9.52 Å². The topological polar surface area (TPSA) is 103 Å². The third kappa shape index (κ3) is 4.72. The fraction of sp³-hybridized carbons (Fsp3) is 0.148. The minimum absolute atomic E-state index is 0.0598. The number of carbonyl (C=O) groups excluding carboxylic acids is 2. The van der Waals surface area contributed by atoms with E-state index in [1.54, 1.807) is 17.0 Å². The first-order valence-electron chi connectivity index (χ1n) is 11.3. The maximum absolute atomic E-state index is 13.2. The molecule has 2 aromatic carbocycles. The summed E-state index contributed by atoms with van der Waals surface area (Å²) in [5.41, 5.74) is 7.18. The summed E-state index contributed by atoms with van der Waals surface area (Å²) in [6, 6.07) is 22.6. The molecule has 2 aromatic heterocycles. The molecule has 0 unspecified atom stereocenters. The Balaban J connectivity index is 1.57. The maximum atomic E-state index is 13.2. The van der Waals surface area contributed by atoms with Crippen molar-refractivity contribution in [1.82, 2.24) is 20.2 Å². The Hall–Kier alpha value is -4.59. The van der Waals surface area contributed by atoms with Gasteiger partial charge in [0.05, 0.1) is 23.3 Å².